The Kier molecular flexibility index (Phi) is 6.68. The van der Waals surface area contributed by atoms with Crippen molar-refractivity contribution in [1.82, 2.24) is 5.32 Å². The average Bonchev–Trinajstić information content (AvgIpc) is 2.80. The number of methoxy groups -OCH3 is 1. The summed E-state index contributed by atoms with van der Waals surface area (Å²) in [5.41, 5.74) is -7.46. The predicted octanol–water partition coefficient (Wildman–Crippen LogP) is 5.08. The maximum atomic E-state index is 15.5. The number of ether oxygens (including phenoxy) is 2. The molecule has 0 saturated carbocycles. The van der Waals surface area contributed by atoms with Gasteiger partial charge in [0.05, 0.1) is 13.7 Å². The lowest BCUT2D eigenvalue weighted by Gasteiger charge is -2.41. The summed E-state index contributed by atoms with van der Waals surface area (Å²) < 4.78 is 69.3. The number of nitrogens with zero attached hydrogens (tertiary/aromatic N) is 1. The minimum Gasteiger partial charge on any atom is -0.497 e. The third-order valence-electron chi connectivity index (χ3n) is 5.43. The maximum Gasteiger partial charge on any atom is 0.419 e. The van der Waals surface area contributed by atoms with Crippen LogP contribution >= 0.6 is 0 Å². The fraction of sp³-hybridized carbons (Fsp3) is 0.333. The van der Waals surface area contributed by atoms with Gasteiger partial charge in [-0.25, -0.2) is 4.39 Å². The van der Waals surface area contributed by atoms with Crippen molar-refractivity contribution in [3.8, 4) is 17.6 Å². The van der Waals surface area contributed by atoms with Crippen molar-refractivity contribution in [3.63, 3.8) is 0 Å². The van der Waals surface area contributed by atoms with E-state index >= 15 is 4.39 Å². The normalized spacial score (nSPS) is 22.7. The molecule has 1 aliphatic heterocycles. The molecule has 1 aliphatic rings. The van der Waals surface area contributed by atoms with E-state index in [0.717, 1.165) is 25.0 Å². The summed E-state index contributed by atoms with van der Waals surface area (Å²) in [6.45, 7) is 2.38. The molecule has 1 amide bonds. The van der Waals surface area contributed by atoms with Crippen LogP contribution in [0.4, 0.5) is 17.6 Å². The molecular weight excluding hydrogens is 440 g/mol. The van der Waals surface area contributed by atoms with Crippen LogP contribution in [0.15, 0.2) is 54.6 Å². The highest BCUT2D eigenvalue weighted by Gasteiger charge is 2.62. The number of unbranched alkanes of at least 4 members (excludes halogenated alkanes) is 1. The Bertz CT molecular complexity index is 1070. The molecule has 1 unspecified atom stereocenters. The van der Waals surface area contributed by atoms with E-state index in [9.17, 15) is 23.2 Å². The van der Waals surface area contributed by atoms with Crippen LogP contribution in [-0.2, 0) is 10.3 Å². The topological polar surface area (TPSA) is 71.3 Å². The Morgan fingerprint density at radius 1 is 1.06 bits per heavy atom. The molecule has 2 aromatic carbocycles. The first-order valence-corrected chi connectivity index (χ1v) is 10.2. The minimum absolute atomic E-state index is 0.0529. The van der Waals surface area contributed by atoms with Crippen molar-refractivity contribution in [2.75, 3.05) is 13.7 Å². The number of nitriles is 1. The van der Waals surface area contributed by atoms with Crippen LogP contribution in [0.2, 0.25) is 0 Å². The van der Waals surface area contributed by atoms with Crippen molar-refractivity contribution < 1.29 is 31.8 Å². The third-order valence-corrected chi connectivity index (χ3v) is 5.43. The van der Waals surface area contributed by atoms with E-state index in [1.165, 1.54) is 49.6 Å². The Morgan fingerprint density at radius 2 is 1.67 bits per heavy atom. The van der Waals surface area contributed by atoms with Crippen molar-refractivity contribution in [3.05, 3.63) is 65.7 Å². The molecule has 0 aromatic heterocycles. The summed E-state index contributed by atoms with van der Waals surface area (Å²) in [4.78, 5) is 12.6. The van der Waals surface area contributed by atoms with Crippen LogP contribution in [-0.4, -0.2) is 31.5 Å². The monoisotopic (exact) mass is 462 g/mol. The van der Waals surface area contributed by atoms with E-state index in [1.54, 1.807) is 5.32 Å². The van der Waals surface area contributed by atoms with Gasteiger partial charge in [-0.1, -0.05) is 37.6 Å². The highest BCUT2D eigenvalue weighted by molar-refractivity contribution is 6.05. The molecule has 3 rings (SSSR count). The molecule has 2 atom stereocenters. The highest BCUT2D eigenvalue weighted by Crippen LogP contribution is 2.48. The molecule has 0 bridgehead atoms. The Morgan fingerprint density at radius 3 is 2.18 bits per heavy atom. The molecular formula is C24H22F4N2O3. The van der Waals surface area contributed by atoms with E-state index < -0.39 is 28.9 Å². The number of carbonyl (C=O) groups is 1. The van der Waals surface area contributed by atoms with E-state index in [2.05, 4.69) is 0 Å². The van der Waals surface area contributed by atoms with Crippen molar-refractivity contribution in [2.24, 2.45) is 0 Å². The first-order chi connectivity index (χ1) is 15.6. The van der Waals surface area contributed by atoms with Gasteiger partial charge >= 0.3 is 6.18 Å². The number of benzene rings is 2. The lowest BCUT2D eigenvalue weighted by atomic mass is 9.76. The second-order valence-electron chi connectivity index (χ2n) is 7.54. The van der Waals surface area contributed by atoms with Gasteiger partial charge < -0.3 is 14.8 Å². The minimum atomic E-state index is -5.04. The molecule has 1 N–H and O–H groups in total. The number of amides is 1. The van der Waals surface area contributed by atoms with Gasteiger partial charge in [-0.15, -0.1) is 0 Å². The van der Waals surface area contributed by atoms with Crippen LogP contribution in [0.3, 0.4) is 0 Å². The van der Waals surface area contributed by atoms with E-state index in [-0.39, 0.29) is 11.1 Å². The summed E-state index contributed by atoms with van der Waals surface area (Å²) >= 11 is 0. The standard InChI is InChI=1S/C24H22F4N2O3/c1-3-4-13-33-19-11-7-17(8-12-19)23(24(26,27)28)14-20(22(25,15-29)21(31)30-23)16-5-9-18(32-2)10-6-16/h5-12,14H,3-4,13H2,1-2H3,(H,30,31)/t22?,23-/m1/s1. The summed E-state index contributed by atoms with van der Waals surface area (Å²) in [5, 5.41) is 11.1. The second-order valence-corrected chi connectivity index (χ2v) is 7.54. The highest BCUT2D eigenvalue weighted by atomic mass is 19.4. The SMILES string of the molecule is CCCCOc1ccc([C@@]2(C(F)(F)F)C=C(c3ccc(OC)cc3)C(F)(C#N)C(=O)N2)cc1. The van der Waals surface area contributed by atoms with E-state index in [1.807, 2.05) is 6.92 Å². The van der Waals surface area contributed by atoms with Crippen molar-refractivity contribution in [1.29, 1.82) is 5.26 Å². The summed E-state index contributed by atoms with van der Waals surface area (Å²) in [5.74, 6) is -0.955. The molecule has 174 valence electrons. The fourth-order valence-electron chi connectivity index (χ4n) is 3.52. The van der Waals surface area contributed by atoms with Crippen LogP contribution in [0, 0.1) is 11.3 Å². The van der Waals surface area contributed by atoms with E-state index in [0.29, 0.717) is 24.2 Å². The number of hydrogen-bond acceptors (Lipinski definition) is 4. The molecule has 0 saturated heterocycles. The van der Waals surface area contributed by atoms with Gasteiger partial charge in [-0.05, 0) is 47.9 Å². The lowest BCUT2D eigenvalue weighted by molar-refractivity contribution is -0.190. The molecule has 1 heterocycles. The van der Waals surface area contributed by atoms with Gasteiger partial charge in [-0.3, -0.25) is 4.79 Å². The predicted molar refractivity (Wildman–Crippen MR) is 113 cm³/mol. The first kappa shape index (κ1) is 24.1. The molecule has 5 nitrogen and oxygen atoms in total. The van der Waals surface area contributed by atoms with Crippen LogP contribution in [0.25, 0.3) is 5.57 Å². The van der Waals surface area contributed by atoms with Gasteiger partial charge in [-0.2, -0.15) is 18.4 Å². The van der Waals surface area contributed by atoms with Gasteiger partial charge in [0.1, 0.15) is 17.6 Å². The Balaban J connectivity index is 2.17. The van der Waals surface area contributed by atoms with Gasteiger partial charge in [0.25, 0.3) is 11.6 Å². The van der Waals surface area contributed by atoms with E-state index in [4.69, 9.17) is 9.47 Å². The Hall–Kier alpha value is -3.54. The molecule has 0 spiro atoms. The number of carbonyl (C=O) groups excluding carboxylic acids is 1. The van der Waals surface area contributed by atoms with Gasteiger partial charge in [0, 0.05) is 5.57 Å². The smallest absolute Gasteiger partial charge is 0.419 e. The molecule has 0 radical (unpaired) electrons. The molecule has 0 aliphatic carbocycles. The number of hydrogen-bond donors (Lipinski definition) is 1. The molecule has 0 fully saturated rings. The zero-order valence-electron chi connectivity index (χ0n) is 18.0. The largest absolute Gasteiger partial charge is 0.497 e. The number of alkyl halides is 4. The van der Waals surface area contributed by atoms with Gasteiger partial charge in [0.15, 0.2) is 5.54 Å². The van der Waals surface area contributed by atoms with Crippen LogP contribution < -0.4 is 14.8 Å². The van der Waals surface area contributed by atoms with Crippen molar-refractivity contribution >= 4 is 11.5 Å². The number of halogens is 4. The number of nitrogens with one attached hydrogen (secondary N) is 1. The maximum absolute atomic E-state index is 15.5. The summed E-state index contributed by atoms with van der Waals surface area (Å²) in [7, 11) is 1.39. The molecule has 2 aromatic rings. The lowest BCUT2D eigenvalue weighted by Crippen LogP contribution is -2.62. The average molecular weight is 462 g/mol. The third kappa shape index (κ3) is 4.38. The second kappa shape index (κ2) is 9.14. The van der Waals surface area contributed by atoms with Crippen LogP contribution in [0.1, 0.15) is 30.9 Å². The summed E-state index contributed by atoms with van der Waals surface area (Å²) in [6, 6.07) is 11.6. The Labute approximate surface area is 188 Å². The van der Waals surface area contributed by atoms with Crippen molar-refractivity contribution in [2.45, 2.75) is 37.1 Å². The first-order valence-electron chi connectivity index (χ1n) is 10.2. The quantitative estimate of drug-likeness (QED) is 0.460. The zero-order valence-corrected chi connectivity index (χ0v) is 18.0. The molecule has 33 heavy (non-hydrogen) atoms. The zero-order chi connectivity index (χ0) is 24.3. The fourth-order valence-corrected chi connectivity index (χ4v) is 3.52. The molecule has 9 heteroatoms. The number of rotatable bonds is 7. The van der Waals surface area contributed by atoms with Crippen LogP contribution in [0.5, 0.6) is 11.5 Å². The summed E-state index contributed by atoms with van der Waals surface area (Å²) in [6.07, 6.45) is -2.80. The van der Waals surface area contributed by atoms with Gasteiger partial charge in [0.2, 0.25) is 0 Å².